The Bertz CT molecular complexity index is 702. The van der Waals surface area contributed by atoms with Crippen molar-refractivity contribution < 1.29 is 19.0 Å². The number of esters is 1. The zero-order chi connectivity index (χ0) is 18.1. The molecular formula is C21H24O4. The van der Waals surface area contributed by atoms with Crippen molar-refractivity contribution >= 4 is 11.5 Å². The Morgan fingerprint density at radius 3 is 2.12 bits per heavy atom. The van der Waals surface area contributed by atoms with Gasteiger partial charge in [0, 0.05) is 5.57 Å². The van der Waals surface area contributed by atoms with Crippen LogP contribution in [0.2, 0.25) is 0 Å². The summed E-state index contributed by atoms with van der Waals surface area (Å²) in [5, 5.41) is 0. The molecule has 2 aromatic rings. The van der Waals surface area contributed by atoms with Crippen molar-refractivity contribution in [3.05, 3.63) is 71.5 Å². The third-order valence-electron chi connectivity index (χ3n) is 3.63. The van der Waals surface area contributed by atoms with E-state index >= 15 is 0 Å². The van der Waals surface area contributed by atoms with E-state index in [4.69, 9.17) is 14.2 Å². The van der Waals surface area contributed by atoms with E-state index in [1.54, 1.807) is 6.92 Å². The summed E-state index contributed by atoms with van der Waals surface area (Å²) in [4.78, 5) is 12.0. The van der Waals surface area contributed by atoms with Gasteiger partial charge in [0.25, 0.3) is 0 Å². The second-order valence-electron chi connectivity index (χ2n) is 5.41. The number of hydrogen-bond acceptors (Lipinski definition) is 4. The minimum Gasteiger partial charge on any atom is -0.489 e. The fourth-order valence-electron chi connectivity index (χ4n) is 2.33. The highest BCUT2D eigenvalue weighted by molar-refractivity contribution is 5.95. The van der Waals surface area contributed by atoms with Gasteiger partial charge in [-0.2, -0.15) is 0 Å². The molecule has 25 heavy (non-hydrogen) atoms. The number of ether oxygens (including phenoxy) is 3. The van der Waals surface area contributed by atoms with Crippen LogP contribution >= 0.6 is 0 Å². The van der Waals surface area contributed by atoms with Gasteiger partial charge in [-0.3, -0.25) is 0 Å². The largest absolute Gasteiger partial charge is 0.489 e. The van der Waals surface area contributed by atoms with Crippen molar-refractivity contribution in [2.24, 2.45) is 0 Å². The predicted molar refractivity (Wildman–Crippen MR) is 98.1 cm³/mol. The summed E-state index contributed by atoms with van der Waals surface area (Å²) in [5.41, 5.74) is 2.75. The second kappa shape index (κ2) is 9.52. The molecule has 132 valence electrons. The first-order valence-electron chi connectivity index (χ1n) is 8.43. The second-order valence-corrected chi connectivity index (χ2v) is 5.41. The van der Waals surface area contributed by atoms with Crippen LogP contribution in [-0.2, 0) is 20.9 Å². The van der Waals surface area contributed by atoms with E-state index in [1.165, 1.54) is 0 Å². The maximum atomic E-state index is 12.0. The van der Waals surface area contributed by atoms with E-state index in [-0.39, 0.29) is 5.76 Å². The maximum absolute atomic E-state index is 12.0. The van der Waals surface area contributed by atoms with Gasteiger partial charge in [-0.15, -0.1) is 0 Å². The SMILES string of the molecule is CCOC(=O)C(OCC)=C(C)c1ccc(OCc2ccccc2)cc1. The third-order valence-corrected chi connectivity index (χ3v) is 3.63. The van der Waals surface area contributed by atoms with E-state index in [1.807, 2.05) is 68.4 Å². The molecule has 0 saturated carbocycles. The van der Waals surface area contributed by atoms with Crippen LogP contribution in [0.5, 0.6) is 5.75 Å². The molecule has 0 fully saturated rings. The molecule has 2 aromatic carbocycles. The van der Waals surface area contributed by atoms with Crippen molar-refractivity contribution in [3.63, 3.8) is 0 Å². The summed E-state index contributed by atoms with van der Waals surface area (Å²) < 4.78 is 16.3. The predicted octanol–water partition coefficient (Wildman–Crippen LogP) is 4.60. The first kappa shape index (κ1) is 18.6. The summed E-state index contributed by atoms with van der Waals surface area (Å²) >= 11 is 0. The van der Waals surface area contributed by atoms with Gasteiger partial charge in [0.05, 0.1) is 13.2 Å². The Hall–Kier alpha value is -2.75. The monoisotopic (exact) mass is 340 g/mol. The number of rotatable bonds is 8. The van der Waals surface area contributed by atoms with Gasteiger partial charge >= 0.3 is 5.97 Å². The summed E-state index contributed by atoms with van der Waals surface area (Å²) in [6, 6.07) is 17.6. The first-order valence-corrected chi connectivity index (χ1v) is 8.43. The van der Waals surface area contributed by atoms with Gasteiger partial charge in [0.15, 0.2) is 0 Å². The quantitative estimate of drug-likeness (QED) is 0.400. The summed E-state index contributed by atoms with van der Waals surface area (Å²) in [6.45, 7) is 6.70. The summed E-state index contributed by atoms with van der Waals surface area (Å²) in [5.74, 6) is 0.586. The maximum Gasteiger partial charge on any atom is 0.373 e. The van der Waals surface area contributed by atoms with Gasteiger partial charge in [0.2, 0.25) is 5.76 Å². The number of carbonyl (C=O) groups excluding carboxylic acids is 1. The van der Waals surface area contributed by atoms with Gasteiger partial charge in [-0.1, -0.05) is 42.5 Å². The molecule has 0 aliphatic carbocycles. The zero-order valence-corrected chi connectivity index (χ0v) is 15.0. The Morgan fingerprint density at radius 2 is 1.52 bits per heavy atom. The summed E-state index contributed by atoms with van der Waals surface area (Å²) in [6.07, 6.45) is 0. The van der Waals surface area contributed by atoms with Crippen LogP contribution in [-0.4, -0.2) is 19.2 Å². The fraction of sp³-hybridized carbons (Fsp3) is 0.286. The highest BCUT2D eigenvalue weighted by Gasteiger charge is 2.16. The number of allylic oxidation sites excluding steroid dienone is 1. The number of hydrogen-bond donors (Lipinski definition) is 0. The van der Waals surface area contributed by atoms with E-state index in [0.29, 0.717) is 19.8 Å². The lowest BCUT2D eigenvalue weighted by Gasteiger charge is -2.12. The van der Waals surface area contributed by atoms with Crippen LogP contribution in [0, 0.1) is 0 Å². The van der Waals surface area contributed by atoms with Crippen LogP contribution in [0.3, 0.4) is 0 Å². The molecule has 0 atom stereocenters. The minimum absolute atomic E-state index is 0.252. The minimum atomic E-state index is -0.439. The van der Waals surface area contributed by atoms with E-state index in [9.17, 15) is 4.79 Å². The van der Waals surface area contributed by atoms with Gasteiger partial charge in [-0.25, -0.2) is 4.79 Å². The molecule has 2 rings (SSSR count). The molecule has 0 heterocycles. The highest BCUT2D eigenvalue weighted by atomic mass is 16.6. The average Bonchev–Trinajstić information content (AvgIpc) is 2.65. The topological polar surface area (TPSA) is 44.8 Å². The Morgan fingerprint density at radius 1 is 0.880 bits per heavy atom. The normalized spacial score (nSPS) is 11.5. The lowest BCUT2D eigenvalue weighted by atomic mass is 10.1. The van der Waals surface area contributed by atoms with Crippen LogP contribution in [0.15, 0.2) is 60.4 Å². The fourth-order valence-corrected chi connectivity index (χ4v) is 2.33. The molecule has 0 saturated heterocycles. The van der Waals surface area contributed by atoms with Crippen molar-refractivity contribution in [2.75, 3.05) is 13.2 Å². The van der Waals surface area contributed by atoms with Crippen LogP contribution in [0.25, 0.3) is 5.57 Å². The van der Waals surface area contributed by atoms with Gasteiger partial charge < -0.3 is 14.2 Å². The molecule has 0 aromatic heterocycles. The molecule has 4 nitrogen and oxygen atoms in total. The van der Waals surface area contributed by atoms with E-state index in [2.05, 4.69) is 0 Å². The molecule has 4 heteroatoms. The third kappa shape index (κ3) is 5.38. The van der Waals surface area contributed by atoms with E-state index < -0.39 is 5.97 Å². The smallest absolute Gasteiger partial charge is 0.373 e. The average molecular weight is 340 g/mol. The van der Waals surface area contributed by atoms with Gasteiger partial charge in [0.1, 0.15) is 12.4 Å². The molecule has 0 bridgehead atoms. The Labute approximate surface area is 149 Å². The summed E-state index contributed by atoms with van der Waals surface area (Å²) in [7, 11) is 0. The van der Waals surface area contributed by atoms with Crippen LogP contribution in [0.4, 0.5) is 0 Å². The highest BCUT2D eigenvalue weighted by Crippen LogP contribution is 2.23. The van der Waals surface area contributed by atoms with Crippen LogP contribution in [0.1, 0.15) is 31.9 Å². The molecule has 0 spiro atoms. The lowest BCUT2D eigenvalue weighted by molar-refractivity contribution is -0.142. The molecular weight excluding hydrogens is 316 g/mol. The Kier molecular flexibility index (Phi) is 7.08. The van der Waals surface area contributed by atoms with Crippen LogP contribution < -0.4 is 4.74 Å². The van der Waals surface area contributed by atoms with Crippen molar-refractivity contribution in [1.82, 2.24) is 0 Å². The zero-order valence-electron chi connectivity index (χ0n) is 15.0. The van der Waals surface area contributed by atoms with Crippen molar-refractivity contribution in [3.8, 4) is 5.75 Å². The molecule has 0 unspecified atom stereocenters. The molecule has 0 amide bonds. The van der Waals surface area contributed by atoms with Crippen molar-refractivity contribution in [1.29, 1.82) is 0 Å². The first-order chi connectivity index (χ1) is 12.2. The molecule has 0 radical (unpaired) electrons. The molecule has 0 aliphatic rings. The lowest BCUT2D eigenvalue weighted by Crippen LogP contribution is -2.12. The van der Waals surface area contributed by atoms with E-state index in [0.717, 1.165) is 22.4 Å². The number of carbonyl (C=O) groups is 1. The standard InChI is InChI=1S/C21H24O4/c1-4-23-20(21(22)24-5-2)16(3)18-11-13-19(14-12-18)25-15-17-9-7-6-8-10-17/h6-14H,4-5,15H2,1-3H3. The number of benzene rings is 2. The van der Waals surface area contributed by atoms with Crippen molar-refractivity contribution in [2.45, 2.75) is 27.4 Å². The van der Waals surface area contributed by atoms with Gasteiger partial charge in [-0.05, 0) is 44.0 Å². The molecule has 0 N–H and O–H groups in total. The Balaban J connectivity index is 2.11. The molecule has 0 aliphatic heterocycles.